The van der Waals surface area contributed by atoms with Crippen molar-refractivity contribution in [1.29, 1.82) is 0 Å². The molecule has 2 aliphatic rings. The summed E-state index contributed by atoms with van der Waals surface area (Å²) >= 11 is 0. The van der Waals surface area contributed by atoms with Crippen LogP contribution in [0.25, 0.3) is 28.0 Å². The molecule has 0 fully saturated rings. The van der Waals surface area contributed by atoms with Gasteiger partial charge in [0.05, 0.1) is 36.7 Å². The summed E-state index contributed by atoms with van der Waals surface area (Å²) in [7, 11) is 3.12. The highest BCUT2D eigenvalue weighted by atomic mass is 16.7. The van der Waals surface area contributed by atoms with Crippen molar-refractivity contribution in [3.05, 3.63) is 94.1 Å². The Kier molecular flexibility index (Phi) is 4.96. The van der Waals surface area contributed by atoms with E-state index >= 15 is 0 Å². The lowest BCUT2D eigenvalue weighted by molar-refractivity contribution is 0.174. The third-order valence-corrected chi connectivity index (χ3v) is 7.34. The molecule has 11 nitrogen and oxygen atoms in total. The number of methoxy groups -OCH3 is 2. The number of hydrogen-bond donors (Lipinski definition) is 0. The first-order valence-electron chi connectivity index (χ1n) is 12.7. The fraction of sp³-hybridized carbons (Fsp3) is 0.133. The van der Waals surface area contributed by atoms with Gasteiger partial charge in [0, 0.05) is 11.1 Å². The average Bonchev–Trinajstić information content (AvgIpc) is 3.66. The Morgan fingerprint density at radius 1 is 0.951 bits per heavy atom. The standard InChI is InChI=1S/C30H20N4O7/c1-36-20-9-5-7-17(25(20)37-2)22-23-26(16-6-3-4-8-18(16)40-30(23)35)41-29-24(22)28-32-27(33-34(28)13-31-29)15-10-11-19-21(12-15)39-14-38-19/h3-13,22H,14H2,1-2H3. The van der Waals surface area contributed by atoms with Crippen LogP contribution in [-0.2, 0) is 0 Å². The lowest BCUT2D eigenvalue weighted by Gasteiger charge is -2.28. The van der Waals surface area contributed by atoms with Crippen LogP contribution in [0.1, 0.15) is 22.6 Å². The fourth-order valence-corrected chi connectivity index (χ4v) is 5.54. The van der Waals surface area contributed by atoms with Gasteiger partial charge in [-0.25, -0.2) is 19.3 Å². The zero-order valence-electron chi connectivity index (χ0n) is 21.8. The SMILES string of the molecule is COc1cccc(C2c3c(c4ccccc4oc3=O)Oc3ncn4nc(-c5ccc6c(c5)OCO6)nc4c32)c1OC. The van der Waals surface area contributed by atoms with E-state index in [0.29, 0.717) is 73.8 Å². The van der Waals surface area contributed by atoms with Crippen molar-refractivity contribution in [2.75, 3.05) is 21.0 Å². The van der Waals surface area contributed by atoms with Crippen LogP contribution in [0.2, 0.25) is 0 Å². The van der Waals surface area contributed by atoms with E-state index in [1.807, 2.05) is 42.5 Å². The van der Waals surface area contributed by atoms with Crippen LogP contribution in [-0.4, -0.2) is 40.6 Å². The van der Waals surface area contributed by atoms with E-state index in [1.165, 1.54) is 6.33 Å². The highest BCUT2D eigenvalue weighted by Gasteiger charge is 2.39. The first-order valence-corrected chi connectivity index (χ1v) is 12.7. The molecular formula is C30H20N4O7. The van der Waals surface area contributed by atoms with Crippen molar-refractivity contribution in [2.24, 2.45) is 0 Å². The second kappa shape index (κ2) is 8.71. The maximum absolute atomic E-state index is 13.7. The second-order valence-electron chi connectivity index (χ2n) is 9.48. The molecule has 0 saturated carbocycles. The third kappa shape index (κ3) is 3.38. The largest absolute Gasteiger partial charge is 0.493 e. The average molecular weight is 549 g/mol. The van der Waals surface area contributed by atoms with E-state index < -0.39 is 11.5 Å². The van der Waals surface area contributed by atoms with Gasteiger partial charge in [0.25, 0.3) is 0 Å². The van der Waals surface area contributed by atoms with E-state index in [2.05, 4.69) is 10.1 Å². The minimum absolute atomic E-state index is 0.160. The Labute approximate surface area is 231 Å². The predicted molar refractivity (Wildman–Crippen MR) is 145 cm³/mol. The first kappa shape index (κ1) is 23.3. The molecule has 11 heteroatoms. The van der Waals surface area contributed by atoms with E-state index in [4.69, 9.17) is 33.1 Å². The van der Waals surface area contributed by atoms with Crippen molar-refractivity contribution < 1.29 is 28.1 Å². The molecule has 5 heterocycles. The third-order valence-electron chi connectivity index (χ3n) is 7.34. The van der Waals surface area contributed by atoms with Gasteiger partial charge < -0.3 is 28.1 Å². The molecule has 0 amide bonds. The topological polar surface area (TPSA) is 119 Å². The highest BCUT2D eigenvalue weighted by molar-refractivity contribution is 5.87. The molecule has 0 spiro atoms. The molecule has 1 atom stereocenters. The Hall–Kier alpha value is -5.58. The minimum atomic E-state index is -0.732. The number of nitrogens with zero attached hydrogens (tertiary/aromatic N) is 4. The predicted octanol–water partition coefficient (Wildman–Crippen LogP) is 4.93. The molecule has 1 unspecified atom stereocenters. The van der Waals surface area contributed by atoms with Gasteiger partial charge in [0.1, 0.15) is 11.9 Å². The summed E-state index contributed by atoms with van der Waals surface area (Å²) in [6.07, 6.45) is 1.54. The monoisotopic (exact) mass is 548 g/mol. The Morgan fingerprint density at radius 2 is 1.83 bits per heavy atom. The van der Waals surface area contributed by atoms with Gasteiger partial charge in [-0.3, -0.25) is 0 Å². The zero-order valence-corrected chi connectivity index (χ0v) is 21.8. The molecule has 0 radical (unpaired) electrons. The van der Waals surface area contributed by atoms with E-state index in [9.17, 15) is 4.79 Å². The summed E-state index contributed by atoms with van der Waals surface area (Å²) in [5.74, 6) is 2.60. The molecule has 3 aromatic carbocycles. The first-order chi connectivity index (χ1) is 20.1. The number of aromatic nitrogens is 4. The van der Waals surface area contributed by atoms with Gasteiger partial charge >= 0.3 is 5.63 Å². The van der Waals surface area contributed by atoms with Gasteiger partial charge in [0.2, 0.25) is 12.7 Å². The van der Waals surface area contributed by atoms with Crippen LogP contribution < -0.4 is 29.3 Å². The number of rotatable bonds is 4. The van der Waals surface area contributed by atoms with Crippen molar-refractivity contribution in [1.82, 2.24) is 19.6 Å². The van der Waals surface area contributed by atoms with Gasteiger partial charge in [-0.2, -0.15) is 0 Å². The molecule has 0 N–H and O–H groups in total. The van der Waals surface area contributed by atoms with Gasteiger partial charge in [0.15, 0.2) is 40.2 Å². The highest BCUT2D eigenvalue weighted by Crippen LogP contribution is 2.52. The molecule has 6 aromatic rings. The molecular weight excluding hydrogens is 528 g/mol. The van der Waals surface area contributed by atoms with Crippen LogP contribution in [0.15, 0.2) is 76.2 Å². The lowest BCUT2D eigenvalue weighted by atomic mass is 9.83. The molecule has 41 heavy (non-hydrogen) atoms. The van der Waals surface area contributed by atoms with Crippen LogP contribution in [0.3, 0.4) is 0 Å². The summed E-state index contributed by atoms with van der Waals surface area (Å²) in [4.78, 5) is 23.2. The number of hydrogen-bond acceptors (Lipinski definition) is 10. The van der Waals surface area contributed by atoms with E-state index in [-0.39, 0.29) is 6.79 Å². The van der Waals surface area contributed by atoms with Crippen LogP contribution in [0.4, 0.5) is 0 Å². The summed E-state index contributed by atoms with van der Waals surface area (Å²) in [5.41, 5.74) is 2.53. The van der Waals surface area contributed by atoms with Gasteiger partial charge in [-0.05, 0) is 36.4 Å². The summed E-state index contributed by atoms with van der Waals surface area (Å²) in [6, 6.07) is 18.2. The molecule has 202 valence electrons. The maximum Gasteiger partial charge on any atom is 0.344 e. The molecule has 0 saturated heterocycles. The van der Waals surface area contributed by atoms with Crippen molar-refractivity contribution in [3.63, 3.8) is 0 Å². The summed E-state index contributed by atoms with van der Waals surface area (Å²) in [5, 5.41) is 5.33. The molecule has 2 aliphatic heterocycles. The molecule has 0 bridgehead atoms. The quantitative estimate of drug-likeness (QED) is 0.280. The zero-order chi connectivity index (χ0) is 27.7. The maximum atomic E-state index is 13.7. The van der Waals surface area contributed by atoms with Gasteiger partial charge in [-0.15, -0.1) is 5.10 Å². The molecule has 3 aromatic heterocycles. The van der Waals surface area contributed by atoms with E-state index in [1.54, 1.807) is 36.9 Å². The molecule has 0 aliphatic carbocycles. The minimum Gasteiger partial charge on any atom is -0.493 e. The Balaban J connectivity index is 1.43. The van der Waals surface area contributed by atoms with Crippen LogP contribution in [0, 0.1) is 0 Å². The lowest BCUT2D eigenvalue weighted by Crippen LogP contribution is -2.22. The van der Waals surface area contributed by atoms with Crippen molar-refractivity contribution >= 4 is 16.6 Å². The van der Waals surface area contributed by atoms with Crippen molar-refractivity contribution in [2.45, 2.75) is 5.92 Å². The Bertz CT molecular complexity index is 2080. The van der Waals surface area contributed by atoms with E-state index in [0.717, 1.165) is 5.56 Å². The molecule has 8 rings (SSSR count). The number of fused-ring (bicyclic) bond motifs is 7. The number of ether oxygens (including phenoxy) is 5. The summed E-state index contributed by atoms with van der Waals surface area (Å²) in [6.45, 7) is 0.160. The van der Waals surface area contributed by atoms with Crippen molar-refractivity contribution in [3.8, 4) is 46.0 Å². The second-order valence-corrected chi connectivity index (χ2v) is 9.48. The summed E-state index contributed by atoms with van der Waals surface area (Å²) < 4.78 is 36.1. The number of benzene rings is 3. The smallest absolute Gasteiger partial charge is 0.344 e. The Morgan fingerprint density at radius 3 is 2.71 bits per heavy atom. The normalized spacial score (nSPS) is 14.9. The van der Waals surface area contributed by atoms with Crippen LogP contribution >= 0.6 is 0 Å². The van der Waals surface area contributed by atoms with Gasteiger partial charge in [-0.1, -0.05) is 24.3 Å². The fourth-order valence-electron chi connectivity index (χ4n) is 5.54. The van der Waals surface area contributed by atoms with Crippen LogP contribution in [0.5, 0.6) is 34.6 Å². The number of para-hydroxylation sites is 2.